The molecule has 0 aliphatic carbocycles. The van der Waals surface area contributed by atoms with Gasteiger partial charge in [0.1, 0.15) is 5.52 Å². The Hall–Kier alpha value is -3.25. The van der Waals surface area contributed by atoms with Gasteiger partial charge in [0.2, 0.25) is 5.95 Å². The molecule has 3 N–H and O–H groups in total. The highest BCUT2D eigenvalue weighted by atomic mass is 35.5. The van der Waals surface area contributed by atoms with Crippen LogP contribution in [0.1, 0.15) is 11.3 Å². The van der Waals surface area contributed by atoms with Gasteiger partial charge in [-0.25, -0.2) is 15.0 Å². The molecule has 4 rings (SSSR count). The van der Waals surface area contributed by atoms with Crippen LogP contribution in [0.5, 0.6) is 0 Å². The van der Waals surface area contributed by atoms with Crippen molar-refractivity contribution in [3.63, 3.8) is 0 Å². The van der Waals surface area contributed by atoms with Gasteiger partial charge < -0.3 is 11.1 Å². The lowest BCUT2D eigenvalue weighted by Gasteiger charge is -2.10. The van der Waals surface area contributed by atoms with E-state index in [1.54, 1.807) is 12.4 Å². The fraction of sp³-hybridized carbons (Fsp3) is 0.100. The van der Waals surface area contributed by atoms with Gasteiger partial charge in [0.15, 0.2) is 5.15 Å². The van der Waals surface area contributed by atoms with Crippen LogP contribution in [0.3, 0.4) is 0 Å². The Kier molecular flexibility index (Phi) is 4.33. The minimum absolute atomic E-state index is 0.316. The second-order valence-electron chi connectivity index (χ2n) is 6.32. The lowest BCUT2D eigenvalue weighted by molar-refractivity contribution is 1.17. The summed E-state index contributed by atoms with van der Waals surface area (Å²) in [4.78, 5) is 17.6. The summed E-state index contributed by atoms with van der Waals surface area (Å²) < 4.78 is 0. The molecule has 3 aromatic heterocycles. The second kappa shape index (κ2) is 6.81. The molecular weight excluding hydrogens is 360 g/mol. The Morgan fingerprint density at radius 3 is 2.59 bits per heavy atom. The third-order valence-electron chi connectivity index (χ3n) is 4.23. The van der Waals surface area contributed by atoms with Crippen molar-refractivity contribution in [2.24, 2.45) is 0 Å². The third kappa shape index (κ3) is 3.52. The van der Waals surface area contributed by atoms with E-state index in [9.17, 15) is 0 Å². The molecule has 3 heterocycles. The van der Waals surface area contributed by atoms with Crippen LogP contribution < -0.4 is 11.1 Å². The summed E-state index contributed by atoms with van der Waals surface area (Å²) >= 11 is 6.43. The van der Waals surface area contributed by atoms with Crippen LogP contribution >= 0.6 is 11.6 Å². The van der Waals surface area contributed by atoms with E-state index in [2.05, 4.69) is 25.3 Å². The summed E-state index contributed by atoms with van der Waals surface area (Å²) in [7, 11) is 0. The highest BCUT2D eigenvalue weighted by Gasteiger charge is 2.11. The van der Waals surface area contributed by atoms with Crippen molar-refractivity contribution in [2.75, 3.05) is 11.1 Å². The molecule has 0 radical (unpaired) electrons. The molecule has 0 amide bonds. The molecule has 7 heteroatoms. The highest BCUT2D eigenvalue weighted by Crippen LogP contribution is 2.30. The monoisotopic (exact) mass is 376 g/mol. The number of halogens is 1. The van der Waals surface area contributed by atoms with Crippen LogP contribution in [-0.2, 0) is 0 Å². The number of nitrogens with zero attached hydrogens (tertiary/aromatic N) is 4. The molecule has 134 valence electrons. The molecule has 4 aromatic rings. The third-order valence-corrected chi connectivity index (χ3v) is 4.49. The summed E-state index contributed by atoms with van der Waals surface area (Å²) in [6, 6.07) is 11.5. The number of pyridine rings is 2. The molecule has 0 atom stereocenters. The maximum absolute atomic E-state index is 6.43. The number of aromatic nitrogens is 4. The highest BCUT2D eigenvalue weighted by molar-refractivity contribution is 6.34. The van der Waals surface area contributed by atoms with Crippen LogP contribution in [0.25, 0.3) is 22.2 Å². The second-order valence-corrected chi connectivity index (χ2v) is 6.68. The first-order valence-corrected chi connectivity index (χ1v) is 8.77. The maximum atomic E-state index is 6.43. The zero-order valence-electron chi connectivity index (χ0n) is 14.9. The molecule has 6 nitrogen and oxygen atoms in total. The van der Waals surface area contributed by atoms with E-state index >= 15 is 0 Å². The largest absolute Gasteiger partial charge is 0.399 e. The minimum Gasteiger partial charge on any atom is -0.399 e. The van der Waals surface area contributed by atoms with E-state index in [0.29, 0.717) is 22.3 Å². The van der Waals surface area contributed by atoms with E-state index in [4.69, 9.17) is 17.3 Å². The predicted octanol–water partition coefficient (Wildman–Crippen LogP) is 4.68. The number of benzene rings is 1. The first kappa shape index (κ1) is 17.2. The van der Waals surface area contributed by atoms with E-state index in [0.717, 1.165) is 33.6 Å². The van der Waals surface area contributed by atoms with Gasteiger partial charge in [-0.05, 0) is 49.7 Å². The molecule has 0 aliphatic rings. The van der Waals surface area contributed by atoms with Crippen LogP contribution in [0.4, 0.5) is 17.3 Å². The summed E-state index contributed by atoms with van der Waals surface area (Å²) in [6.07, 6.45) is 3.46. The Morgan fingerprint density at radius 2 is 1.81 bits per heavy atom. The average molecular weight is 377 g/mol. The van der Waals surface area contributed by atoms with Crippen molar-refractivity contribution in [3.05, 3.63) is 65.2 Å². The first-order valence-electron chi connectivity index (χ1n) is 8.39. The van der Waals surface area contributed by atoms with Gasteiger partial charge >= 0.3 is 0 Å². The SMILES string of the molecule is Cc1ccc(Nc2ncc3cc(-c4cc(N)ccc4C)nc(Cl)c3n2)cn1. The number of fused-ring (bicyclic) bond motifs is 1. The fourth-order valence-electron chi connectivity index (χ4n) is 2.78. The van der Waals surface area contributed by atoms with Gasteiger partial charge in [-0.2, -0.15) is 0 Å². The Morgan fingerprint density at radius 1 is 0.963 bits per heavy atom. The number of anilines is 3. The van der Waals surface area contributed by atoms with Crippen LogP contribution in [-0.4, -0.2) is 19.9 Å². The standard InChI is InChI=1S/C20H17ClN6/c1-11-3-5-14(22)8-16(11)17-7-13-9-24-20(27-18(13)19(21)26-17)25-15-6-4-12(2)23-10-15/h3-10H,22H2,1-2H3,(H,24,25,27). The quantitative estimate of drug-likeness (QED) is 0.398. The first-order chi connectivity index (χ1) is 13.0. The summed E-state index contributed by atoms with van der Waals surface area (Å²) in [5.74, 6) is 0.435. The molecule has 0 saturated carbocycles. The van der Waals surface area contributed by atoms with Gasteiger partial charge in [-0.1, -0.05) is 17.7 Å². The summed E-state index contributed by atoms with van der Waals surface area (Å²) in [6.45, 7) is 3.94. The number of nitrogens with two attached hydrogens (primary N) is 1. The molecule has 0 saturated heterocycles. The van der Waals surface area contributed by atoms with Gasteiger partial charge in [0.25, 0.3) is 0 Å². The molecule has 1 aromatic carbocycles. The van der Waals surface area contributed by atoms with Gasteiger partial charge in [0.05, 0.1) is 17.6 Å². The molecule has 0 bridgehead atoms. The van der Waals surface area contributed by atoms with E-state index in [1.807, 2.05) is 50.2 Å². The molecule has 0 aliphatic heterocycles. The number of hydrogen-bond acceptors (Lipinski definition) is 6. The van der Waals surface area contributed by atoms with Gasteiger partial charge in [-0.3, -0.25) is 4.98 Å². The number of nitrogen functional groups attached to an aromatic ring is 1. The lowest BCUT2D eigenvalue weighted by Crippen LogP contribution is -1.99. The Labute approximate surface area is 161 Å². The van der Waals surface area contributed by atoms with E-state index in [1.165, 1.54) is 0 Å². The smallest absolute Gasteiger partial charge is 0.227 e. The van der Waals surface area contributed by atoms with Crippen molar-refractivity contribution in [1.29, 1.82) is 0 Å². The van der Waals surface area contributed by atoms with E-state index < -0.39 is 0 Å². The van der Waals surface area contributed by atoms with Crippen LogP contribution in [0.2, 0.25) is 5.15 Å². The van der Waals surface area contributed by atoms with Gasteiger partial charge in [-0.15, -0.1) is 0 Å². The van der Waals surface area contributed by atoms with E-state index in [-0.39, 0.29) is 0 Å². The minimum atomic E-state index is 0.316. The lowest BCUT2D eigenvalue weighted by atomic mass is 10.0. The number of hydrogen-bond donors (Lipinski definition) is 2. The summed E-state index contributed by atoms with van der Waals surface area (Å²) in [5.41, 5.74) is 11.7. The molecular formula is C20H17ClN6. The van der Waals surface area contributed by atoms with Crippen molar-refractivity contribution in [1.82, 2.24) is 19.9 Å². The number of aryl methyl sites for hydroxylation is 2. The zero-order chi connectivity index (χ0) is 19.0. The normalized spacial score (nSPS) is 10.9. The summed E-state index contributed by atoms with van der Waals surface area (Å²) in [5, 5.41) is 4.25. The molecule has 0 spiro atoms. The van der Waals surface area contributed by atoms with Crippen LogP contribution in [0.15, 0.2) is 48.8 Å². The van der Waals surface area contributed by atoms with Crippen molar-refractivity contribution in [3.8, 4) is 11.3 Å². The predicted molar refractivity (Wildman–Crippen MR) is 109 cm³/mol. The molecule has 27 heavy (non-hydrogen) atoms. The van der Waals surface area contributed by atoms with Gasteiger partial charge in [0, 0.05) is 28.5 Å². The van der Waals surface area contributed by atoms with Crippen molar-refractivity contribution in [2.45, 2.75) is 13.8 Å². The number of nitrogens with one attached hydrogen (secondary N) is 1. The Bertz CT molecular complexity index is 1140. The fourth-order valence-corrected chi connectivity index (χ4v) is 3.03. The van der Waals surface area contributed by atoms with Crippen LogP contribution in [0, 0.1) is 13.8 Å². The van der Waals surface area contributed by atoms with Crippen molar-refractivity contribution < 1.29 is 0 Å². The molecule has 0 unspecified atom stereocenters. The Balaban J connectivity index is 1.74. The van der Waals surface area contributed by atoms with Crippen molar-refractivity contribution >= 4 is 39.8 Å². The topological polar surface area (TPSA) is 89.6 Å². The average Bonchev–Trinajstić information content (AvgIpc) is 2.66. The molecule has 0 fully saturated rings. The number of rotatable bonds is 3. The zero-order valence-corrected chi connectivity index (χ0v) is 15.6. The maximum Gasteiger partial charge on any atom is 0.227 e.